The Morgan fingerprint density at radius 1 is 0.840 bits per heavy atom. The third-order valence-corrected chi connectivity index (χ3v) is 2.43. The average Bonchev–Trinajstić information content (AvgIpc) is 2.72. The fraction of sp³-hybridized carbons (Fsp3) is 0.643. The molecule has 0 aromatic carbocycles. The number of carbonyl (C=O) groups is 5. The molecule has 142 valence electrons. The van der Waals surface area contributed by atoms with Crippen molar-refractivity contribution in [3.8, 4) is 0 Å². The van der Waals surface area contributed by atoms with E-state index in [1.165, 1.54) is 0 Å². The third-order valence-electron chi connectivity index (χ3n) is 2.43. The second-order valence-electron chi connectivity index (χ2n) is 4.36. The molecule has 0 aliphatic heterocycles. The van der Waals surface area contributed by atoms with E-state index in [4.69, 9.17) is 20.1 Å². The lowest BCUT2D eigenvalue weighted by Crippen LogP contribution is -2.54. The lowest BCUT2D eigenvalue weighted by molar-refractivity contribution is -0.203. The lowest BCUT2D eigenvalue weighted by atomic mass is 10.0. The largest absolute Gasteiger partial charge is 0.456 e. The van der Waals surface area contributed by atoms with Crippen LogP contribution in [0.25, 0.3) is 0 Å². The summed E-state index contributed by atoms with van der Waals surface area (Å²) in [6, 6.07) is 0. The number of esters is 5. The van der Waals surface area contributed by atoms with Crippen molar-refractivity contribution in [1.82, 2.24) is 0 Å². The number of ether oxygens (including phenoxy) is 4. The van der Waals surface area contributed by atoms with Gasteiger partial charge in [-0.3, -0.25) is 19.2 Å². The van der Waals surface area contributed by atoms with Crippen molar-refractivity contribution in [2.75, 3.05) is 6.61 Å². The predicted molar refractivity (Wildman–Crippen MR) is 76.5 cm³/mol. The van der Waals surface area contributed by atoms with Crippen LogP contribution in [0.2, 0.25) is 0 Å². The highest BCUT2D eigenvalue weighted by molar-refractivity contribution is 5.88. The maximum atomic E-state index is 12.2. The minimum Gasteiger partial charge on any atom is -0.456 e. The molecule has 0 spiro atoms. The first-order valence-electron chi connectivity index (χ1n) is 9.26. The quantitative estimate of drug-likeness (QED) is 0.283. The first kappa shape index (κ1) is 16.0. The molecule has 4 atom stereocenters. The molecule has 0 aromatic heterocycles. The third kappa shape index (κ3) is 8.22. The topological polar surface area (TPSA) is 163 Å². The van der Waals surface area contributed by atoms with Crippen molar-refractivity contribution in [1.29, 1.82) is 0 Å². The molecule has 0 aromatic rings. The molecular formula is C14H20O11. The van der Waals surface area contributed by atoms with Gasteiger partial charge in [-0.05, 0) is 0 Å². The molecule has 0 aliphatic carbocycles. The summed E-state index contributed by atoms with van der Waals surface area (Å²) in [5.74, 6) is -7.10. The van der Waals surface area contributed by atoms with Gasteiger partial charge in [-0.1, -0.05) is 0 Å². The fourth-order valence-electron chi connectivity index (χ4n) is 1.63. The summed E-state index contributed by atoms with van der Waals surface area (Å²) >= 11 is 0. The van der Waals surface area contributed by atoms with E-state index in [9.17, 15) is 29.1 Å². The van der Waals surface area contributed by atoms with Gasteiger partial charge in [0.05, 0.1) is 6.61 Å². The average molecular weight is 368 g/mol. The SMILES string of the molecule is [2H]CC(=O)OC(=O)[C@H](OC(=O)C[2H])[C@@H](OC(=O)C[2H])[C@H](OC(=O)C[2H])[C@H](O)CO. The molecule has 11 heteroatoms. The van der Waals surface area contributed by atoms with Crippen molar-refractivity contribution in [2.24, 2.45) is 0 Å². The molecule has 0 heterocycles. The molecule has 0 saturated heterocycles. The Labute approximate surface area is 148 Å². The number of hydrogen-bond donors (Lipinski definition) is 2. The van der Waals surface area contributed by atoms with E-state index in [1.54, 1.807) is 0 Å². The van der Waals surface area contributed by atoms with E-state index in [1.807, 2.05) is 0 Å². The standard InChI is InChI=1S/C14H20O11/c1-6(16)22-11(10(20)5-15)12(23-7(2)17)13(24-8(3)18)14(21)25-9(4)19/h10-13,15,20H,5H2,1-4H3/t10-,11-,12+,13-/m1/s1/i1D,2D,3D,4D. The number of aliphatic hydroxyl groups is 2. The van der Waals surface area contributed by atoms with Gasteiger partial charge >= 0.3 is 29.8 Å². The van der Waals surface area contributed by atoms with Crippen molar-refractivity contribution in [3.05, 3.63) is 0 Å². The molecule has 25 heavy (non-hydrogen) atoms. The van der Waals surface area contributed by atoms with Gasteiger partial charge in [0, 0.05) is 33.1 Å². The first-order valence-corrected chi connectivity index (χ1v) is 6.43. The van der Waals surface area contributed by atoms with E-state index in [-0.39, 0.29) is 0 Å². The summed E-state index contributed by atoms with van der Waals surface area (Å²) in [5, 5.41) is 19.1. The maximum Gasteiger partial charge on any atom is 0.359 e. The molecule has 0 fully saturated rings. The van der Waals surface area contributed by atoms with Gasteiger partial charge in [0.1, 0.15) is 6.10 Å². The molecule has 0 unspecified atom stereocenters. The highest BCUT2D eigenvalue weighted by Gasteiger charge is 2.45. The Morgan fingerprint density at radius 2 is 1.32 bits per heavy atom. The summed E-state index contributed by atoms with van der Waals surface area (Å²) in [7, 11) is 0. The zero-order valence-electron chi connectivity index (χ0n) is 16.9. The van der Waals surface area contributed by atoms with Gasteiger partial charge in [-0.25, -0.2) is 4.79 Å². The van der Waals surface area contributed by atoms with Crippen LogP contribution in [0.5, 0.6) is 0 Å². The molecule has 0 amide bonds. The molecule has 11 nitrogen and oxygen atoms in total. The lowest BCUT2D eigenvalue weighted by Gasteiger charge is -2.32. The molecule has 0 bridgehead atoms. The summed E-state index contributed by atoms with van der Waals surface area (Å²) < 4.78 is 46.0. The first-order chi connectivity index (χ1) is 13.6. The van der Waals surface area contributed by atoms with Crippen LogP contribution in [0.1, 0.15) is 33.1 Å². The Kier molecular flexibility index (Phi) is 6.62. The fourth-order valence-corrected chi connectivity index (χ4v) is 1.63. The van der Waals surface area contributed by atoms with Crippen LogP contribution in [0, 0.1) is 0 Å². The van der Waals surface area contributed by atoms with Gasteiger partial charge in [-0.2, -0.15) is 0 Å². The number of hydrogen-bond acceptors (Lipinski definition) is 11. The van der Waals surface area contributed by atoms with Gasteiger partial charge < -0.3 is 29.2 Å². The smallest absolute Gasteiger partial charge is 0.359 e. The van der Waals surface area contributed by atoms with Gasteiger partial charge in [0.15, 0.2) is 12.2 Å². The zero-order valence-corrected chi connectivity index (χ0v) is 12.9. The van der Waals surface area contributed by atoms with Crippen LogP contribution in [-0.4, -0.2) is 71.1 Å². The van der Waals surface area contributed by atoms with Crippen LogP contribution in [0.4, 0.5) is 0 Å². The van der Waals surface area contributed by atoms with Gasteiger partial charge in [0.25, 0.3) is 0 Å². The maximum absolute atomic E-state index is 12.2. The summed E-state index contributed by atoms with van der Waals surface area (Å²) in [6.45, 7) is -5.16. The van der Waals surface area contributed by atoms with E-state index >= 15 is 0 Å². The molecule has 0 radical (unpaired) electrons. The monoisotopic (exact) mass is 368 g/mol. The summed E-state index contributed by atoms with van der Waals surface area (Å²) in [5.41, 5.74) is 0. The van der Waals surface area contributed by atoms with Crippen molar-refractivity contribution < 1.29 is 58.6 Å². The Balaban J connectivity index is 6.17. The Hall–Kier alpha value is -2.53. The predicted octanol–water partition coefficient (Wildman–Crippen LogP) is -1.78. The van der Waals surface area contributed by atoms with E-state index in [0.29, 0.717) is 0 Å². The van der Waals surface area contributed by atoms with E-state index in [2.05, 4.69) is 9.47 Å². The van der Waals surface area contributed by atoms with Crippen LogP contribution >= 0.6 is 0 Å². The Bertz CT molecular complexity index is 600. The normalized spacial score (nSPS) is 17.2. The highest BCUT2D eigenvalue weighted by atomic mass is 16.6. The van der Waals surface area contributed by atoms with Crippen molar-refractivity contribution in [3.63, 3.8) is 0 Å². The molecule has 0 aliphatic rings. The highest BCUT2D eigenvalue weighted by Crippen LogP contribution is 2.18. The molecular weight excluding hydrogens is 344 g/mol. The minimum atomic E-state index is -2.37. The molecule has 2 N–H and O–H groups in total. The zero-order chi connectivity index (χ0) is 22.6. The van der Waals surface area contributed by atoms with Gasteiger partial charge in [0.2, 0.25) is 6.10 Å². The van der Waals surface area contributed by atoms with Crippen LogP contribution in [0.15, 0.2) is 0 Å². The van der Waals surface area contributed by atoms with Gasteiger partial charge in [-0.15, -0.1) is 0 Å². The van der Waals surface area contributed by atoms with E-state index in [0.717, 1.165) is 0 Å². The van der Waals surface area contributed by atoms with E-state index < -0.39 is 88.5 Å². The second kappa shape index (κ2) is 10.4. The summed E-state index contributed by atoms with van der Waals surface area (Å²) in [4.78, 5) is 58.0. The summed E-state index contributed by atoms with van der Waals surface area (Å²) in [6.07, 6.45) is -8.70. The van der Waals surface area contributed by atoms with Crippen molar-refractivity contribution in [2.45, 2.75) is 52.0 Å². The Morgan fingerprint density at radius 3 is 1.80 bits per heavy atom. The minimum absolute atomic E-state index is 0.979. The number of carbonyl (C=O) groups excluding carboxylic acids is 5. The number of aliphatic hydroxyl groups excluding tert-OH is 2. The number of rotatable bonds is 8. The van der Waals surface area contributed by atoms with Crippen LogP contribution in [0.3, 0.4) is 0 Å². The second-order valence-corrected chi connectivity index (χ2v) is 4.36. The molecule has 0 saturated carbocycles. The van der Waals surface area contributed by atoms with Crippen molar-refractivity contribution >= 4 is 29.8 Å². The van der Waals surface area contributed by atoms with Crippen LogP contribution in [-0.2, 0) is 42.9 Å². The molecule has 0 rings (SSSR count). The van der Waals surface area contributed by atoms with Crippen LogP contribution < -0.4 is 0 Å².